The highest BCUT2D eigenvalue weighted by Gasteiger charge is 2.15. The van der Waals surface area contributed by atoms with Gasteiger partial charge in [0.25, 0.3) is 5.91 Å². The van der Waals surface area contributed by atoms with Crippen LogP contribution in [0, 0.1) is 27.7 Å². The van der Waals surface area contributed by atoms with Gasteiger partial charge in [-0.1, -0.05) is 12.1 Å². The Hall–Kier alpha value is -2.29. The maximum Gasteiger partial charge on any atom is 0.251 e. The van der Waals surface area contributed by atoms with Crippen LogP contribution in [-0.2, 0) is 0 Å². The lowest BCUT2D eigenvalue weighted by Crippen LogP contribution is -2.27. The molecule has 0 fully saturated rings. The summed E-state index contributed by atoms with van der Waals surface area (Å²) in [5.74, 6) is 0.762. The molecule has 1 unspecified atom stereocenters. The van der Waals surface area contributed by atoms with Crippen molar-refractivity contribution in [2.24, 2.45) is 0 Å². The highest BCUT2D eigenvalue weighted by Crippen LogP contribution is 2.23. The predicted molar refractivity (Wildman–Crippen MR) is 98.9 cm³/mol. The number of hydrogen-bond donors (Lipinski definition) is 1. The van der Waals surface area contributed by atoms with Crippen LogP contribution in [0.3, 0.4) is 0 Å². The molecule has 0 bridgehead atoms. The van der Waals surface area contributed by atoms with Crippen LogP contribution in [0.4, 0.5) is 0 Å². The zero-order valence-corrected chi connectivity index (χ0v) is 15.5. The van der Waals surface area contributed by atoms with E-state index in [1.165, 1.54) is 16.7 Å². The standard InChI is InChI=1S/C21H27NO2/c1-7-24-20-9-8-18(11-16(20)5)21(23)22-17(6)19-12-14(3)13(2)10-15(19)4/h8-12,17H,7H2,1-6H3,(H,22,23). The lowest BCUT2D eigenvalue weighted by atomic mass is 9.96. The first kappa shape index (κ1) is 18.1. The van der Waals surface area contributed by atoms with Gasteiger partial charge in [0.15, 0.2) is 0 Å². The van der Waals surface area contributed by atoms with E-state index >= 15 is 0 Å². The Labute approximate surface area is 145 Å². The van der Waals surface area contributed by atoms with Crippen LogP contribution < -0.4 is 10.1 Å². The molecule has 0 saturated heterocycles. The molecule has 0 aliphatic heterocycles. The molecule has 1 N–H and O–H groups in total. The summed E-state index contributed by atoms with van der Waals surface area (Å²) in [6, 6.07) is 9.85. The smallest absolute Gasteiger partial charge is 0.251 e. The van der Waals surface area contributed by atoms with Crippen LogP contribution in [0.2, 0.25) is 0 Å². The minimum absolute atomic E-state index is 0.0383. The van der Waals surface area contributed by atoms with Crippen molar-refractivity contribution in [3.05, 3.63) is 63.7 Å². The number of carbonyl (C=O) groups is 1. The number of carbonyl (C=O) groups excluding carboxylic acids is 1. The molecule has 1 atom stereocenters. The fourth-order valence-electron chi connectivity index (χ4n) is 2.92. The number of benzene rings is 2. The molecule has 2 aromatic carbocycles. The van der Waals surface area contributed by atoms with Gasteiger partial charge in [0.1, 0.15) is 5.75 Å². The van der Waals surface area contributed by atoms with E-state index < -0.39 is 0 Å². The molecule has 3 nitrogen and oxygen atoms in total. The second-order valence-corrected chi connectivity index (χ2v) is 6.40. The third kappa shape index (κ3) is 3.97. The molecule has 0 spiro atoms. The number of aryl methyl sites for hydroxylation is 4. The quantitative estimate of drug-likeness (QED) is 0.856. The van der Waals surface area contributed by atoms with Crippen molar-refractivity contribution in [1.29, 1.82) is 0 Å². The fourth-order valence-corrected chi connectivity index (χ4v) is 2.92. The Morgan fingerprint density at radius 2 is 1.67 bits per heavy atom. The molecule has 0 aliphatic rings. The van der Waals surface area contributed by atoms with Crippen molar-refractivity contribution in [2.75, 3.05) is 6.61 Å². The van der Waals surface area contributed by atoms with Gasteiger partial charge in [0.2, 0.25) is 0 Å². The van der Waals surface area contributed by atoms with Crippen LogP contribution in [-0.4, -0.2) is 12.5 Å². The van der Waals surface area contributed by atoms with Gasteiger partial charge in [0.05, 0.1) is 12.6 Å². The Morgan fingerprint density at radius 3 is 2.29 bits per heavy atom. The molecule has 0 heterocycles. The molecule has 2 rings (SSSR count). The topological polar surface area (TPSA) is 38.3 Å². The first-order valence-corrected chi connectivity index (χ1v) is 8.45. The van der Waals surface area contributed by atoms with E-state index in [1.54, 1.807) is 0 Å². The van der Waals surface area contributed by atoms with Gasteiger partial charge >= 0.3 is 0 Å². The van der Waals surface area contributed by atoms with Gasteiger partial charge in [0, 0.05) is 5.56 Å². The molecular weight excluding hydrogens is 298 g/mol. The average Bonchev–Trinajstić information content (AvgIpc) is 2.52. The van der Waals surface area contributed by atoms with Crippen molar-refractivity contribution < 1.29 is 9.53 Å². The molecule has 1 amide bonds. The van der Waals surface area contributed by atoms with Crippen molar-refractivity contribution >= 4 is 5.91 Å². The molecule has 0 aliphatic carbocycles. The van der Waals surface area contributed by atoms with Crippen LogP contribution in [0.1, 0.15) is 58.1 Å². The lowest BCUT2D eigenvalue weighted by Gasteiger charge is -2.19. The Balaban J connectivity index is 2.17. The van der Waals surface area contributed by atoms with E-state index in [0.29, 0.717) is 12.2 Å². The van der Waals surface area contributed by atoms with E-state index in [2.05, 4.69) is 38.2 Å². The minimum atomic E-state index is -0.0636. The number of rotatable bonds is 5. The van der Waals surface area contributed by atoms with Crippen LogP contribution in [0.15, 0.2) is 30.3 Å². The molecule has 0 radical (unpaired) electrons. The summed E-state index contributed by atoms with van der Waals surface area (Å²) in [7, 11) is 0. The Morgan fingerprint density at radius 1 is 1.00 bits per heavy atom. The molecule has 0 aromatic heterocycles. The van der Waals surface area contributed by atoms with Crippen molar-refractivity contribution in [2.45, 2.75) is 47.6 Å². The molecular formula is C21H27NO2. The average molecular weight is 325 g/mol. The number of nitrogens with one attached hydrogen (secondary N) is 1. The van der Waals surface area contributed by atoms with E-state index in [-0.39, 0.29) is 11.9 Å². The van der Waals surface area contributed by atoms with Gasteiger partial charge < -0.3 is 10.1 Å². The highest BCUT2D eigenvalue weighted by molar-refractivity contribution is 5.94. The summed E-state index contributed by atoms with van der Waals surface area (Å²) in [6.07, 6.45) is 0. The SMILES string of the molecule is CCOc1ccc(C(=O)NC(C)c2cc(C)c(C)cc2C)cc1C. The fraction of sp³-hybridized carbons (Fsp3) is 0.381. The van der Waals surface area contributed by atoms with E-state index in [4.69, 9.17) is 4.74 Å². The van der Waals surface area contributed by atoms with Crippen LogP contribution in [0.5, 0.6) is 5.75 Å². The maximum atomic E-state index is 12.6. The van der Waals surface area contributed by atoms with E-state index in [1.807, 2.05) is 39.0 Å². The van der Waals surface area contributed by atoms with Gasteiger partial charge in [-0.3, -0.25) is 4.79 Å². The summed E-state index contributed by atoms with van der Waals surface area (Å²) in [5.41, 5.74) is 6.51. The zero-order valence-electron chi connectivity index (χ0n) is 15.5. The second-order valence-electron chi connectivity index (χ2n) is 6.40. The van der Waals surface area contributed by atoms with E-state index in [0.717, 1.165) is 16.9 Å². The number of hydrogen-bond acceptors (Lipinski definition) is 2. The normalized spacial score (nSPS) is 11.9. The first-order valence-electron chi connectivity index (χ1n) is 8.45. The minimum Gasteiger partial charge on any atom is -0.494 e. The van der Waals surface area contributed by atoms with Crippen LogP contribution in [0.25, 0.3) is 0 Å². The van der Waals surface area contributed by atoms with E-state index in [9.17, 15) is 4.79 Å². The van der Waals surface area contributed by atoms with Gasteiger partial charge in [-0.15, -0.1) is 0 Å². The van der Waals surface area contributed by atoms with Crippen LogP contribution >= 0.6 is 0 Å². The lowest BCUT2D eigenvalue weighted by molar-refractivity contribution is 0.0939. The summed E-state index contributed by atoms with van der Waals surface area (Å²) < 4.78 is 5.53. The molecule has 128 valence electrons. The molecule has 2 aromatic rings. The van der Waals surface area contributed by atoms with Gasteiger partial charge in [-0.05, 0) is 87.6 Å². The summed E-state index contributed by atoms with van der Waals surface area (Å²) in [6.45, 7) is 12.9. The maximum absolute atomic E-state index is 12.6. The van der Waals surface area contributed by atoms with Gasteiger partial charge in [-0.25, -0.2) is 0 Å². The number of ether oxygens (including phenoxy) is 1. The summed E-state index contributed by atoms with van der Waals surface area (Å²) in [4.78, 5) is 12.6. The summed E-state index contributed by atoms with van der Waals surface area (Å²) in [5, 5.41) is 3.10. The van der Waals surface area contributed by atoms with Crippen molar-refractivity contribution in [1.82, 2.24) is 5.32 Å². The number of amides is 1. The third-order valence-electron chi connectivity index (χ3n) is 4.43. The van der Waals surface area contributed by atoms with Gasteiger partial charge in [-0.2, -0.15) is 0 Å². The van der Waals surface area contributed by atoms with Crippen molar-refractivity contribution in [3.8, 4) is 5.75 Å². The molecule has 3 heteroatoms. The second kappa shape index (κ2) is 7.52. The third-order valence-corrected chi connectivity index (χ3v) is 4.43. The van der Waals surface area contributed by atoms with Crippen molar-refractivity contribution in [3.63, 3.8) is 0 Å². The Bertz CT molecular complexity index is 750. The summed E-state index contributed by atoms with van der Waals surface area (Å²) >= 11 is 0. The predicted octanol–water partition coefficient (Wildman–Crippen LogP) is 4.81. The molecule has 0 saturated carbocycles. The largest absolute Gasteiger partial charge is 0.494 e. The zero-order chi connectivity index (χ0) is 17.9. The highest BCUT2D eigenvalue weighted by atomic mass is 16.5. The Kier molecular flexibility index (Phi) is 5.66. The molecule has 24 heavy (non-hydrogen) atoms. The first-order chi connectivity index (χ1) is 11.3. The monoisotopic (exact) mass is 325 g/mol.